The summed E-state index contributed by atoms with van der Waals surface area (Å²) < 4.78 is 6.20. The molecular formula is C14H15ClN2O3. The lowest BCUT2D eigenvalue weighted by atomic mass is 10.1. The first-order valence-corrected chi connectivity index (χ1v) is 6.68. The Hall–Kier alpha value is -2.01. The number of carbonyl (C=O) groups excluding carboxylic acids is 2. The second-order valence-electron chi connectivity index (χ2n) is 4.23. The van der Waals surface area contributed by atoms with E-state index in [2.05, 4.69) is 0 Å². The molecule has 1 aromatic carbocycles. The van der Waals surface area contributed by atoms with Crippen molar-refractivity contribution in [3.8, 4) is 0 Å². The van der Waals surface area contributed by atoms with Gasteiger partial charge < -0.3 is 10.5 Å². The first-order valence-electron chi connectivity index (χ1n) is 6.31. The fourth-order valence-electron chi connectivity index (χ4n) is 2.11. The molecule has 0 amide bonds. The Bertz CT molecular complexity index is 691. The monoisotopic (exact) mass is 294 g/mol. The summed E-state index contributed by atoms with van der Waals surface area (Å²) in [5.74, 6) is -0.220. The third-order valence-corrected chi connectivity index (χ3v) is 3.24. The van der Waals surface area contributed by atoms with Gasteiger partial charge in [-0.2, -0.15) is 0 Å². The molecule has 0 unspecified atom stereocenters. The van der Waals surface area contributed by atoms with Gasteiger partial charge in [-0.1, -0.05) is 18.5 Å². The molecule has 2 N–H and O–H groups in total. The highest BCUT2D eigenvalue weighted by atomic mass is 35.5. The highest BCUT2D eigenvalue weighted by molar-refractivity contribution is 6.31. The minimum Gasteiger partial charge on any atom is -0.449 e. The third kappa shape index (κ3) is 2.25. The van der Waals surface area contributed by atoms with Crippen LogP contribution in [-0.4, -0.2) is 23.1 Å². The Morgan fingerprint density at radius 3 is 2.65 bits per heavy atom. The van der Waals surface area contributed by atoms with Gasteiger partial charge in [0.05, 0.1) is 17.8 Å². The molecule has 0 aliphatic heterocycles. The van der Waals surface area contributed by atoms with Crippen LogP contribution in [0.5, 0.6) is 0 Å². The second-order valence-corrected chi connectivity index (χ2v) is 4.67. The van der Waals surface area contributed by atoms with Crippen LogP contribution in [0.25, 0.3) is 10.9 Å². The molecule has 106 valence electrons. The summed E-state index contributed by atoms with van der Waals surface area (Å²) in [6, 6.07) is 4.95. The summed E-state index contributed by atoms with van der Waals surface area (Å²) in [5, 5.41) is 1.07. The van der Waals surface area contributed by atoms with E-state index in [0.29, 0.717) is 15.9 Å². The average molecular weight is 295 g/mol. The van der Waals surface area contributed by atoms with E-state index in [1.54, 1.807) is 32.0 Å². The van der Waals surface area contributed by atoms with Crippen LogP contribution in [0.4, 0.5) is 10.5 Å². The van der Waals surface area contributed by atoms with E-state index in [0.717, 1.165) is 0 Å². The molecule has 0 saturated carbocycles. The van der Waals surface area contributed by atoms with Crippen LogP contribution in [0.1, 0.15) is 30.8 Å². The van der Waals surface area contributed by atoms with Crippen molar-refractivity contribution in [1.29, 1.82) is 0 Å². The molecule has 1 aromatic heterocycles. The minimum atomic E-state index is -0.631. The highest BCUT2D eigenvalue weighted by Gasteiger charge is 2.24. The number of ketones is 1. The van der Waals surface area contributed by atoms with Crippen molar-refractivity contribution in [3.63, 3.8) is 0 Å². The molecular weight excluding hydrogens is 280 g/mol. The first kappa shape index (κ1) is 14.4. The van der Waals surface area contributed by atoms with Crippen molar-refractivity contribution in [1.82, 2.24) is 4.57 Å². The zero-order valence-corrected chi connectivity index (χ0v) is 12.0. The van der Waals surface area contributed by atoms with Gasteiger partial charge in [0.25, 0.3) is 0 Å². The van der Waals surface area contributed by atoms with Crippen molar-refractivity contribution < 1.29 is 14.3 Å². The summed E-state index contributed by atoms with van der Waals surface area (Å²) in [6.45, 7) is 3.61. The highest BCUT2D eigenvalue weighted by Crippen LogP contribution is 2.31. The Morgan fingerprint density at radius 1 is 1.35 bits per heavy atom. The van der Waals surface area contributed by atoms with Gasteiger partial charge in [0, 0.05) is 16.8 Å². The molecule has 0 fully saturated rings. The molecule has 0 atom stereocenters. The van der Waals surface area contributed by atoms with Crippen molar-refractivity contribution in [3.05, 3.63) is 28.9 Å². The van der Waals surface area contributed by atoms with Gasteiger partial charge in [-0.3, -0.25) is 4.79 Å². The fourth-order valence-corrected chi connectivity index (χ4v) is 2.27. The maximum absolute atomic E-state index is 12.1. The Labute approximate surface area is 121 Å². The number of nitrogens with two attached hydrogens (primary N) is 1. The lowest BCUT2D eigenvalue weighted by Gasteiger charge is -2.08. The molecule has 0 saturated heterocycles. The predicted octanol–water partition coefficient (Wildman–Crippen LogP) is 3.47. The number of carbonyl (C=O) groups is 2. The number of ether oxygens (including phenoxy) is 1. The SMILES string of the molecule is CCOC(=O)n1c(C(=O)CC)c(N)c2ccc(Cl)cc21. The van der Waals surface area contributed by atoms with Gasteiger partial charge in [0.2, 0.25) is 0 Å². The molecule has 2 aromatic rings. The fraction of sp³-hybridized carbons (Fsp3) is 0.286. The smallest absolute Gasteiger partial charge is 0.419 e. The minimum absolute atomic E-state index is 0.156. The number of fused-ring (bicyclic) bond motifs is 1. The van der Waals surface area contributed by atoms with Gasteiger partial charge in [0.15, 0.2) is 5.78 Å². The molecule has 0 aliphatic carbocycles. The summed E-state index contributed by atoms with van der Waals surface area (Å²) >= 11 is 5.96. The number of rotatable bonds is 3. The van der Waals surface area contributed by atoms with Gasteiger partial charge in [-0.15, -0.1) is 0 Å². The van der Waals surface area contributed by atoms with Gasteiger partial charge >= 0.3 is 6.09 Å². The molecule has 0 aliphatic rings. The summed E-state index contributed by atoms with van der Waals surface area (Å²) in [5.41, 5.74) is 6.92. The average Bonchev–Trinajstić information content (AvgIpc) is 2.71. The largest absolute Gasteiger partial charge is 0.449 e. The Morgan fingerprint density at radius 2 is 2.05 bits per heavy atom. The number of anilines is 1. The lowest BCUT2D eigenvalue weighted by Crippen LogP contribution is -2.19. The van der Waals surface area contributed by atoms with E-state index in [9.17, 15) is 9.59 Å². The van der Waals surface area contributed by atoms with Gasteiger partial charge in [0.1, 0.15) is 5.69 Å². The van der Waals surface area contributed by atoms with Crippen LogP contribution >= 0.6 is 11.6 Å². The van der Waals surface area contributed by atoms with Crippen molar-refractivity contribution in [2.24, 2.45) is 0 Å². The number of nitrogens with zero attached hydrogens (tertiary/aromatic N) is 1. The van der Waals surface area contributed by atoms with Crippen molar-refractivity contribution in [2.45, 2.75) is 20.3 Å². The van der Waals surface area contributed by atoms with E-state index < -0.39 is 6.09 Å². The molecule has 1 heterocycles. The third-order valence-electron chi connectivity index (χ3n) is 3.01. The van der Waals surface area contributed by atoms with E-state index >= 15 is 0 Å². The van der Waals surface area contributed by atoms with Crippen molar-refractivity contribution >= 4 is 40.1 Å². The van der Waals surface area contributed by atoms with E-state index in [-0.39, 0.29) is 30.2 Å². The van der Waals surface area contributed by atoms with Gasteiger partial charge in [-0.25, -0.2) is 9.36 Å². The summed E-state index contributed by atoms with van der Waals surface area (Å²) in [7, 11) is 0. The van der Waals surface area contributed by atoms with Crippen LogP contribution in [0.2, 0.25) is 5.02 Å². The number of aromatic nitrogens is 1. The predicted molar refractivity (Wildman–Crippen MR) is 78.4 cm³/mol. The zero-order valence-electron chi connectivity index (χ0n) is 11.3. The summed E-state index contributed by atoms with van der Waals surface area (Å²) in [6.07, 6.45) is -0.388. The second kappa shape index (κ2) is 5.54. The van der Waals surface area contributed by atoms with Crippen molar-refractivity contribution in [2.75, 3.05) is 12.3 Å². The van der Waals surface area contributed by atoms with Crippen LogP contribution in [0, 0.1) is 0 Å². The maximum Gasteiger partial charge on any atom is 0.419 e. The van der Waals surface area contributed by atoms with Crippen LogP contribution in [0.15, 0.2) is 18.2 Å². The number of benzene rings is 1. The number of Topliss-reactive ketones (excluding diaryl/α,β-unsaturated/α-hetero) is 1. The summed E-state index contributed by atoms with van der Waals surface area (Å²) in [4.78, 5) is 24.2. The molecule has 5 nitrogen and oxygen atoms in total. The number of hydrogen-bond acceptors (Lipinski definition) is 4. The maximum atomic E-state index is 12.1. The Kier molecular flexibility index (Phi) is 3.99. The molecule has 0 spiro atoms. The normalized spacial score (nSPS) is 10.8. The number of hydrogen-bond donors (Lipinski definition) is 1. The van der Waals surface area contributed by atoms with E-state index in [1.807, 2.05) is 0 Å². The lowest BCUT2D eigenvalue weighted by molar-refractivity contribution is 0.0975. The topological polar surface area (TPSA) is 74.3 Å². The van der Waals surface area contributed by atoms with Crippen LogP contribution < -0.4 is 5.73 Å². The molecule has 0 bridgehead atoms. The molecule has 20 heavy (non-hydrogen) atoms. The molecule has 6 heteroatoms. The molecule has 2 rings (SSSR count). The van der Waals surface area contributed by atoms with Gasteiger partial charge in [-0.05, 0) is 25.1 Å². The number of nitrogen functional groups attached to an aromatic ring is 1. The standard InChI is InChI=1S/C14H15ClN2O3/c1-3-11(18)13-12(16)9-6-5-8(15)7-10(9)17(13)14(19)20-4-2/h5-7H,3-4,16H2,1-2H3. The van der Waals surface area contributed by atoms with Crippen LogP contribution in [-0.2, 0) is 4.74 Å². The quantitative estimate of drug-likeness (QED) is 0.880. The first-order chi connectivity index (χ1) is 9.51. The zero-order chi connectivity index (χ0) is 14.9. The molecule has 0 radical (unpaired) electrons. The van der Waals surface area contributed by atoms with Crippen LogP contribution in [0.3, 0.4) is 0 Å². The Balaban J connectivity index is 2.81. The van der Waals surface area contributed by atoms with E-state index in [1.165, 1.54) is 4.57 Å². The van der Waals surface area contributed by atoms with E-state index in [4.69, 9.17) is 22.1 Å². The number of halogens is 1.